The van der Waals surface area contributed by atoms with E-state index in [4.69, 9.17) is 11.6 Å². The van der Waals surface area contributed by atoms with E-state index in [2.05, 4.69) is 4.98 Å². The van der Waals surface area contributed by atoms with Gasteiger partial charge in [-0.25, -0.2) is 4.79 Å². The maximum atomic E-state index is 13.6. The highest BCUT2D eigenvalue weighted by molar-refractivity contribution is 6.29. The van der Waals surface area contributed by atoms with Gasteiger partial charge < -0.3 is 4.90 Å². The molecule has 0 aliphatic rings. The first-order valence-electron chi connectivity index (χ1n) is 6.08. The lowest BCUT2D eigenvalue weighted by molar-refractivity contribution is 0.275. The summed E-state index contributed by atoms with van der Waals surface area (Å²) in [7, 11) is 3.66. The standard InChI is InChI=1S/C12H19ClFN3O2/c1-7(2)5-8(6-16(3)4)17-11(18)9(14)10(13)15-12(17)19/h7-8H,5-6H2,1-4H3,(H,15,19). The van der Waals surface area contributed by atoms with Crippen molar-refractivity contribution in [1.82, 2.24) is 14.5 Å². The summed E-state index contributed by atoms with van der Waals surface area (Å²) in [4.78, 5) is 27.7. The summed E-state index contributed by atoms with van der Waals surface area (Å²) in [5.74, 6) is -0.844. The average molecular weight is 292 g/mol. The molecule has 0 fully saturated rings. The Labute approximate surface area is 116 Å². The minimum atomic E-state index is -1.12. The van der Waals surface area contributed by atoms with Crippen LogP contribution in [0.2, 0.25) is 5.15 Å². The number of aromatic nitrogens is 2. The van der Waals surface area contributed by atoms with Gasteiger partial charge in [-0.05, 0) is 26.4 Å². The molecule has 0 amide bonds. The molecule has 1 rings (SSSR count). The third-order valence-corrected chi connectivity index (χ3v) is 2.98. The Hall–Kier alpha value is -1.14. The fourth-order valence-electron chi connectivity index (χ4n) is 2.06. The summed E-state index contributed by atoms with van der Waals surface area (Å²) in [6.07, 6.45) is 0.599. The highest BCUT2D eigenvalue weighted by Gasteiger charge is 2.21. The summed E-state index contributed by atoms with van der Waals surface area (Å²) in [5.41, 5.74) is -1.65. The Morgan fingerprint density at radius 1 is 1.37 bits per heavy atom. The van der Waals surface area contributed by atoms with Gasteiger partial charge in [-0.2, -0.15) is 4.39 Å². The van der Waals surface area contributed by atoms with Crippen molar-refractivity contribution in [3.63, 3.8) is 0 Å². The Morgan fingerprint density at radius 3 is 2.42 bits per heavy atom. The number of hydrogen-bond acceptors (Lipinski definition) is 3. The van der Waals surface area contributed by atoms with Crippen molar-refractivity contribution >= 4 is 11.6 Å². The average Bonchev–Trinajstić information content (AvgIpc) is 2.24. The molecular formula is C12H19ClFN3O2. The normalized spacial score (nSPS) is 13.3. The van der Waals surface area contributed by atoms with E-state index in [0.29, 0.717) is 13.0 Å². The van der Waals surface area contributed by atoms with Gasteiger partial charge in [0.2, 0.25) is 5.82 Å². The van der Waals surface area contributed by atoms with E-state index in [-0.39, 0.29) is 5.92 Å². The predicted molar refractivity (Wildman–Crippen MR) is 73.3 cm³/mol. The SMILES string of the molecule is CC(C)CC(CN(C)C)n1c(=O)[nH]c(Cl)c(F)c1=O. The van der Waals surface area contributed by atoms with Crippen molar-refractivity contribution in [1.29, 1.82) is 0 Å². The smallest absolute Gasteiger partial charge is 0.307 e. The Bertz CT molecular complexity index is 541. The summed E-state index contributed by atoms with van der Waals surface area (Å²) >= 11 is 5.45. The zero-order valence-electron chi connectivity index (χ0n) is 11.5. The summed E-state index contributed by atoms with van der Waals surface area (Å²) < 4.78 is 14.5. The molecule has 1 atom stereocenters. The quantitative estimate of drug-likeness (QED) is 0.836. The number of nitrogens with one attached hydrogen (secondary N) is 1. The highest BCUT2D eigenvalue weighted by atomic mass is 35.5. The lowest BCUT2D eigenvalue weighted by Gasteiger charge is -2.24. The molecule has 0 bridgehead atoms. The highest BCUT2D eigenvalue weighted by Crippen LogP contribution is 2.16. The largest absolute Gasteiger partial charge is 0.329 e. The van der Waals surface area contributed by atoms with Gasteiger partial charge in [0.15, 0.2) is 5.15 Å². The van der Waals surface area contributed by atoms with Crippen LogP contribution in [0.1, 0.15) is 26.3 Å². The molecule has 0 aromatic carbocycles. The van der Waals surface area contributed by atoms with E-state index in [1.54, 1.807) is 0 Å². The number of nitrogens with zero attached hydrogens (tertiary/aromatic N) is 2. The zero-order chi connectivity index (χ0) is 14.7. The van der Waals surface area contributed by atoms with E-state index in [9.17, 15) is 14.0 Å². The number of H-pyrrole nitrogens is 1. The monoisotopic (exact) mass is 291 g/mol. The van der Waals surface area contributed by atoms with Crippen molar-refractivity contribution in [2.45, 2.75) is 26.3 Å². The first-order chi connectivity index (χ1) is 8.73. The van der Waals surface area contributed by atoms with Crippen molar-refractivity contribution < 1.29 is 4.39 Å². The molecule has 0 radical (unpaired) electrons. The van der Waals surface area contributed by atoms with Crippen LogP contribution in [0.15, 0.2) is 9.59 Å². The van der Waals surface area contributed by atoms with Crippen LogP contribution in [-0.2, 0) is 0 Å². The van der Waals surface area contributed by atoms with Gasteiger partial charge in [0.25, 0.3) is 5.56 Å². The number of hydrogen-bond donors (Lipinski definition) is 1. The van der Waals surface area contributed by atoms with Gasteiger partial charge in [-0.15, -0.1) is 0 Å². The molecular weight excluding hydrogens is 273 g/mol. The van der Waals surface area contributed by atoms with Gasteiger partial charge >= 0.3 is 5.69 Å². The molecule has 1 heterocycles. The minimum absolute atomic E-state index is 0.273. The van der Waals surface area contributed by atoms with E-state index in [1.807, 2.05) is 32.8 Å². The Morgan fingerprint density at radius 2 is 1.95 bits per heavy atom. The molecule has 5 nitrogen and oxygen atoms in total. The van der Waals surface area contributed by atoms with Gasteiger partial charge in [0, 0.05) is 6.54 Å². The molecule has 7 heteroatoms. The lowest BCUT2D eigenvalue weighted by Crippen LogP contribution is -2.43. The van der Waals surface area contributed by atoms with Gasteiger partial charge in [-0.1, -0.05) is 25.4 Å². The van der Waals surface area contributed by atoms with E-state index in [0.717, 1.165) is 4.57 Å². The third kappa shape index (κ3) is 3.91. The van der Waals surface area contributed by atoms with Crippen LogP contribution in [-0.4, -0.2) is 35.1 Å². The van der Waals surface area contributed by atoms with Crippen molar-refractivity contribution in [2.24, 2.45) is 5.92 Å². The van der Waals surface area contributed by atoms with Crippen LogP contribution in [0.3, 0.4) is 0 Å². The third-order valence-electron chi connectivity index (χ3n) is 2.72. The van der Waals surface area contributed by atoms with Crippen molar-refractivity contribution in [2.75, 3.05) is 20.6 Å². The fraction of sp³-hybridized carbons (Fsp3) is 0.667. The zero-order valence-corrected chi connectivity index (χ0v) is 12.3. The molecule has 0 saturated heterocycles. The molecule has 1 unspecified atom stereocenters. The fourth-order valence-corrected chi connectivity index (χ4v) is 2.22. The molecule has 0 aliphatic carbocycles. The maximum Gasteiger partial charge on any atom is 0.329 e. The van der Waals surface area contributed by atoms with Crippen molar-refractivity contribution in [3.8, 4) is 0 Å². The van der Waals surface area contributed by atoms with E-state index < -0.39 is 28.3 Å². The first kappa shape index (κ1) is 15.9. The van der Waals surface area contributed by atoms with Crippen LogP contribution in [0, 0.1) is 11.7 Å². The molecule has 0 spiro atoms. The molecule has 108 valence electrons. The number of aromatic amines is 1. The molecule has 1 aromatic rings. The molecule has 1 aromatic heterocycles. The minimum Gasteiger partial charge on any atom is -0.307 e. The van der Waals surface area contributed by atoms with Crippen LogP contribution in [0.4, 0.5) is 4.39 Å². The van der Waals surface area contributed by atoms with Crippen LogP contribution in [0.25, 0.3) is 0 Å². The lowest BCUT2D eigenvalue weighted by atomic mass is 10.0. The Balaban J connectivity index is 3.34. The van der Waals surface area contributed by atoms with Crippen LogP contribution >= 0.6 is 11.6 Å². The number of likely N-dealkylation sites (N-methyl/N-ethyl adjacent to an activating group) is 1. The molecule has 1 N–H and O–H groups in total. The Kier molecular flexibility index (Phi) is 5.31. The predicted octanol–water partition coefficient (Wildman–Crippen LogP) is 1.48. The molecule has 19 heavy (non-hydrogen) atoms. The van der Waals surface area contributed by atoms with Crippen LogP contribution in [0.5, 0.6) is 0 Å². The van der Waals surface area contributed by atoms with Gasteiger partial charge in [0.1, 0.15) is 0 Å². The van der Waals surface area contributed by atoms with Crippen molar-refractivity contribution in [3.05, 3.63) is 31.8 Å². The summed E-state index contributed by atoms with van der Waals surface area (Å²) in [6, 6.07) is -0.391. The van der Waals surface area contributed by atoms with Crippen LogP contribution < -0.4 is 11.2 Å². The topological polar surface area (TPSA) is 58.1 Å². The van der Waals surface area contributed by atoms with E-state index >= 15 is 0 Å². The first-order valence-corrected chi connectivity index (χ1v) is 6.46. The molecule has 0 saturated carbocycles. The second-order valence-corrected chi connectivity index (χ2v) is 5.66. The maximum absolute atomic E-state index is 13.6. The number of halogens is 2. The second-order valence-electron chi connectivity index (χ2n) is 5.28. The van der Waals surface area contributed by atoms with E-state index in [1.165, 1.54) is 0 Å². The molecule has 0 aliphatic heterocycles. The second kappa shape index (κ2) is 6.34. The van der Waals surface area contributed by atoms with Gasteiger partial charge in [0.05, 0.1) is 6.04 Å². The summed E-state index contributed by atoms with van der Waals surface area (Å²) in [6.45, 7) is 4.44. The van der Waals surface area contributed by atoms with Gasteiger partial charge in [-0.3, -0.25) is 14.3 Å². The number of rotatable bonds is 5. The summed E-state index contributed by atoms with van der Waals surface area (Å²) in [5, 5.41) is -0.542.